The summed E-state index contributed by atoms with van der Waals surface area (Å²) in [5.41, 5.74) is 0. The molecule has 5 heteroatoms. The van der Waals surface area contributed by atoms with Crippen LogP contribution in [0.5, 0.6) is 0 Å². The number of carbonyl (C=O) groups is 1. The van der Waals surface area contributed by atoms with Crippen molar-refractivity contribution in [1.29, 1.82) is 0 Å². The van der Waals surface area contributed by atoms with Crippen LogP contribution in [0.25, 0.3) is 0 Å². The summed E-state index contributed by atoms with van der Waals surface area (Å²) in [6.07, 6.45) is 4.40. The van der Waals surface area contributed by atoms with Gasteiger partial charge in [-0.25, -0.2) is 0 Å². The third-order valence-electron chi connectivity index (χ3n) is 4.38. The second-order valence-corrected chi connectivity index (χ2v) is 6.13. The molecule has 0 spiro atoms. The molecule has 0 aromatic carbocycles. The molecule has 21 heavy (non-hydrogen) atoms. The largest absolute Gasteiger partial charge is 0.376 e. The molecular formula is C16H30N2O3. The smallest absolute Gasteiger partial charge is 0.251 e. The summed E-state index contributed by atoms with van der Waals surface area (Å²) in [4.78, 5) is 16.7. The van der Waals surface area contributed by atoms with E-state index in [0.29, 0.717) is 6.61 Å². The van der Waals surface area contributed by atoms with Gasteiger partial charge in [0, 0.05) is 32.8 Å². The number of rotatable bonds is 6. The fourth-order valence-electron chi connectivity index (χ4n) is 3.03. The lowest BCUT2D eigenvalue weighted by atomic mass is 10.1. The number of ether oxygens (including phenoxy) is 2. The lowest BCUT2D eigenvalue weighted by molar-refractivity contribution is -0.147. The molecule has 0 aliphatic carbocycles. The number of carbonyl (C=O) groups excluding carboxylic acids is 1. The molecule has 2 rings (SSSR count). The van der Waals surface area contributed by atoms with Crippen molar-refractivity contribution in [2.45, 2.75) is 51.7 Å². The molecule has 1 amide bonds. The van der Waals surface area contributed by atoms with Gasteiger partial charge in [-0.15, -0.1) is 0 Å². The maximum absolute atomic E-state index is 12.4. The number of nitrogens with zero attached hydrogens (tertiary/aromatic N) is 2. The Morgan fingerprint density at radius 1 is 1.29 bits per heavy atom. The molecule has 0 N–H and O–H groups in total. The van der Waals surface area contributed by atoms with Crippen molar-refractivity contribution >= 4 is 5.91 Å². The monoisotopic (exact) mass is 298 g/mol. The minimum absolute atomic E-state index is 0.127. The third-order valence-corrected chi connectivity index (χ3v) is 4.38. The molecule has 2 aliphatic heterocycles. The highest BCUT2D eigenvalue weighted by Gasteiger charge is 2.26. The van der Waals surface area contributed by atoms with E-state index >= 15 is 0 Å². The first-order valence-corrected chi connectivity index (χ1v) is 8.45. The Morgan fingerprint density at radius 3 is 2.67 bits per heavy atom. The molecular weight excluding hydrogens is 268 g/mol. The third kappa shape index (κ3) is 5.24. The van der Waals surface area contributed by atoms with Gasteiger partial charge in [-0.1, -0.05) is 6.92 Å². The van der Waals surface area contributed by atoms with Gasteiger partial charge in [-0.2, -0.15) is 0 Å². The second-order valence-electron chi connectivity index (χ2n) is 6.13. The van der Waals surface area contributed by atoms with E-state index in [9.17, 15) is 4.79 Å². The van der Waals surface area contributed by atoms with Gasteiger partial charge in [-0.3, -0.25) is 9.69 Å². The maximum atomic E-state index is 12.4. The fourth-order valence-corrected chi connectivity index (χ4v) is 3.03. The topological polar surface area (TPSA) is 42.0 Å². The van der Waals surface area contributed by atoms with Gasteiger partial charge in [0.1, 0.15) is 6.10 Å². The Balaban J connectivity index is 1.67. The van der Waals surface area contributed by atoms with Crippen LogP contribution in [0.3, 0.4) is 0 Å². The number of hydrogen-bond donors (Lipinski definition) is 0. The standard InChI is InChI=1S/C16H30N2O3/c1-3-7-17-8-10-18(11-9-17)16(19)14(2)21-13-15-6-4-5-12-20-15/h14-15H,3-13H2,1-2H3/t14-,15-/m1/s1. The molecule has 2 aliphatic rings. The lowest BCUT2D eigenvalue weighted by Crippen LogP contribution is -2.51. The van der Waals surface area contributed by atoms with Gasteiger partial charge in [0.05, 0.1) is 12.7 Å². The maximum Gasteiger partial charge on any atom is 0.251 e. The summed E-state index contributed by atoms with van der Waals surface area (Å²) in [5.74, 6) is 0.127. The normalized spacial score (nSPS) is 25.8. The van der Waals surface area contributed by atoms with Crippen molar-refractivity contribution in [3.05, 3.63) is 0 Å². The van der Waals surface area contributed by atoms with Crippen LogP contribution >= 0.6 is 0 Å². The molecule has 0 aromatic heterocycles. The van der Waals surface area contributed by atoms with Gasteiger partial charge in [0.2, 0.25) is 0 Å². The van der Waals surface area contributed by atoms with Crippen molar-refractivity contribution in [1.82, 2.24) is 9.80 Å². The summed E-state index contributed by atoms with van der Waals surface area (Å²) < 4.78 is 11.4. The average Bonchev–Trinajstić information content (AvgIpc) is 2.54. The SMILES string of the molecule is CCCN1CCN(C(=O)[C@@H](C)OC[C@H]2CCCCO2)CC1. The number of amides is 1. The summed E-state index contributed by atoms with van der Waals surface area (Å²) in [6.45, 7) is 10.2. The molecule has 0 aromatic rings. The van der Waals surface area contributed by atoms with Crippen molar-refractivity contribution in [2.24, 2.45) is 0 Å². The highest BCUT2D eigenvalue weighted by molar-refractivity contribution is 5.80. The van der Waals surface area contributed by atoms with Gasteiger partial charge in [0.15, 0.2) is 0 Å². The van der Waals surface area contributed by atoms with E-state index in [4.69, 9.17) is 9.47 Å². The molecule has 0 radical (unpaired) electrons. The van der Waals surface area contributed by atoms with Crippen LogP contribution in [0.1, 0.15) is 39.5 Å². The van der Waals surface area contributed by atoms with Crippen LogP contribution < -0.4 is 0 Å². The molecule has 2 saturated heterocycles. The zero-order chi connectivity index (χ0) is 15.1. The fraction of sp³-hybridized carbons (Fsp3) is 0.938. The Morgan fingerprint density at radius 2 is 2.05 bits per heavy atom. The Labute approximate surface area is 128 Å². The van der Waals surface area contributed by atoms with Crippen LogP contribution in [0.2, 0.25) is 0 Å². The molecule has 0 saturated carbocycles. The van der Waals surface area contributed by atoms with Gasteiger partial charge >= 0.3 is 0 Å². The molecule has 122 valence electrons. The van der Waals surface area contributed by atoms with Crippen LogP contribution in [-0.4, -0.2) is 73.9 Å². The quantitative estimate of drug-likeness (QED) is 0.745. The zero-order valence-electron chi connectivity index (χ0n) is 13.6. The first-order chi connectivity index (χ1) is 10.2. The molecule has 2 atom stereocenters. The van der Waals surface area contributed by atoms with Crippen LogP contribution in [0.15, 0.2) is 0 Å². The van der Waals surface area contributed by atoms with Crippen LogP contribution in [-0.2, 0) is 14.3 Å². The van der Waals surface area contributed by atoms with E-state index in [0.717, 1.165) is 52.2 Å². The van der Waals surface area contributed by atoms with E-state index in [1.165, 1.54) is 12.8 Å². The number of hydrogen-bond acceptors (Lipinski definition) is 4. The van der Waals surface area contributed by atoms with E-state index in [1.54, 1.807) is 0 Å². The van der Waals surface area contributed by atoms with E-state index in [2.05, 4.69) is 11.8 Å². The summed E-state index contributed by atoms with van der Waals surface area (Å²) >= 11 is 0. The summed E-state index contributed by atoms with van der Waals surface area (Å²) in [6, 6.07) is 0. The Bertz CT molecular complexity index is 311. The minimum atomic E-state index is -0.353. The minimum Gasteiger partial charge on any atom is -0.376 e. The first kappa shape index (κ1) is 16.7. The van der Waals surface area contributed by atoms with Crippen molar-refractivity contribution in [3.63, 3.8) is 0 Å². The van der Waals surface area contributed by atoms with Crippen molar-refractivity contribution < 1.29 is 14.3 Å². The Hall–Kier alpha value is -0.650. The number of piperazine rings is 1. The van der Waals surface area contributed by atoms with E-state index in [1.807, 2.05) is 11.8 Å². The van der Waals surface area contributed by atoms with E-state index in [-0.39, 0.29) is 18.1 Å². The van der Waals surface area contributed by atoms with Crippen molar-refractivity contribution in [2.75, 3.05) is 45.9 Å². The van der Waals surface area contributed by atoms with E-state index < -0.39 is 0 Å². The van der Waals surface area contributed by atoms with Gasteiger partial charge < -0.3 is 14.4 Å². The highest BCUT2D eigenvalue weighted by Crippen LogP contribution is 2.14. The van der Waals surface area contributed by atoms with Crippen LogP contribution in [0, 0.1) is 0 Å². The highest BCUT2D eigenvalue weighted by atomic mass is 16.5. The lowest BCUT2D eigenvalue weighted by Gasteiger charge is -2.36. The summed E-state index contributed by atoms with van der Waals surface area (Å²) in [5, 5.41) is 0. The molecule has 0 unspecified atom stereocenters. The molecule has 0 bridgehead atoms. The first-order valence-electron chi connectivity index (χ1n) is 8.45. The molecule has 5 nitrogen and oxygen atoms in total. The molecule has 2 heterocycles. The molecule has 2 fully saturated rings. The zero-order valence-corrected chi connectivity index (χ0v) is 13.6. The van der Waals surface area contributed by atoms with Gasteiger partial charge in [0.25, 0.3) is 5.91 Å². The van der Waals surface area contributed by atoms with Crippen LogP contribution in [0.4, 0.5) is 0 Å². The summed E-state index contributed by atoms with van der Waals surface area (Å²) in [7, 11) is 0. The second kappa shape index (κ2) is 8.71. The Kier molecular flexibility index (Phi) is 6.93. The predicted molar refractivity (Wildman–Crippen MR) is 82.3 cm³/mol. The predicted octanol–water partition coefficient (Wildman–Crippen LogP) is 1.51. The average molecular weight is 298 g/mol. The van der Waals surface area contributed by atoms with Gasteiger partial charge in [-0.05, 0) is 39.2 Å². The van der Waals surface area contributed by atoms with Crippen molar-refractivity contribution in [3.8, 4) is 0 Å².